The van der Waals surface area contributed by atoms with E-state index in [2.05, 4.69) is 0 Å². The maximum absolute atomic E-state index is 13.8. The number of phenolic OH excluding ortho intramolecular Hbond substituents is 1. The predicted octanol–water partition coefficient (Wildman–Crippen LogP) is 1.66. The molecule has 1 heterocycles. The largest absolute Gasteiger partial charge is 0.508 e. The van der Waals surface area contributed by atoms with E-state index in [1.807, 2.05) is 0 Å². The number of carboxylic acids is 1. The van der Waals surface area contributed by atoms with Crippen molar-refractivity contribution in [2.75, 3.05) is 13.2 Å². The zero-order valence-electron chi connectivity index (χ0n) is 9.15. The number of carbonyl (C=O) groups is 1. The molecule has 0 aromatic heterocycles. The van der Waals surface area contributed by atoms with E-state index < -0.39 is 17.2 Å². The lowest BCUT2D eigenvalue weighted by Gasteiger charge is -2.33. The third-order valence-electron chi connectivity index (χ3n) is 3.22. The fourth-order valence-corrected chi connectivity index (χ4v) is 2.21. The Bertz CT molecular complexity index is 438. The molecule has 0 saturated carbocycles. The van der Waals surface area contributed by atoms with E-state index >= 15 is 0 Å². The van der Waals surface area contributed by atoms with E-state index in [1.54, 1.807) is 0 Å². The number of aromatic hydroxyl groups is 1. The van der Waals surface area contributed by atoms with E-state index in [9.17, 15) is 14.3 Å². The summed E-state index contributed by atoms with van der Waals surface area (Å²) in [5.41, 5.74) is -1.12. The Morgan fingerprint density at radius 2 is 2.00 bits per heavy atom. The standard InChI is InChI=1S/C12H13FO4/c13-10-7-8(14)1-2-9(10)12(11(15)16)3-5-17-6-4-12/h1-2,7,14H,3-6H2,(H,15,16). The van der Waals surface area contributed by atoms with Crippen LogP contribution in [-0.2, 0) is 14.9 Å². The molecule has 0 spiro atoms. The Labute approximate surface area is 97.6 Å². The van der Waals surface area contributed by atoms with Gasteiger partial charge in [-0.05, 0) is 18.9 Å². The van der Waals surface area contributed by atoms with Crippen molar-refractivity contribution in [2.45, 2.75) is 18.3 Å². The van der Waals surface area contributed by atoms with Crippen molar-refractivity contribution in [3.63, 3.8) is 0 Å². The minimum atomic E-state index is -1.24. The average Bonchev–Trinajstić information content (AvgIpc) is 2.29. The molecule has 1 aromatic rings. The SMILES string of the molecule is O=C(O)C1(c2ccc(O)cc2F)CCOCC1. The molecule has 0 amide bonds. The molecular weight excluding hydrogens is 227 g/mol. The molecule has 0 radical (unpaired) electrons. The number of halogens is 1. The van der Waals surface area contributed by atoms with Gasteiger partial charge in [0.05, 0.1) is 5.41 Å². The highest BCUT2D eigenvalue weighted by molar-refractivity contribution is 5.81. The normalized spacial score (nSPS) is 18.9. The zero-order chi connectivity index (χ0) is 12.5. The van der Waals surface area contributed by atoms with Crippen LogP contribution < -0.4 is 0 Å². The van der Waals surface area contributed by atoms with Crippen LogP contribution in [0, 0.1) is 5.82 Å². The van der Waals surface area contributed by atoms with Gasteiger partial charge in [-0.2, -0.15) is 0 Å². The maximum Gasteiger partial charge on any atom is 0.314 e. The van der Waals surface area contributed by atoms with Crippen molar-refractivity contribution < 1.29 is 24.1 Å². The van der Waals surface area contributed by atoms with Crippen LogP contribution in [-0.4, -0.2) is 29.4 Å². The number of hydrogen-bond acceptors (Lipinski definition) is 3. The Balaban J connectivity index is 2.49. The first-order chi connectivity index (χ1) is 8.06. The molecule has 1 aliphatic heterocycles. The molecule has 92 valence electrons. The molecule has 5 heteroatoms. The van der Waals surface area contributed by atoms with Gasteiger partial charge in [-0.25, -0.2) is 4.39 Å². The Morgan fingerprint density at radius 3 is 2.53 bits per heavy atom. The molecule has 2 N–H and O–H groups in total. The van der Waals surface area contributed by atoms with Gasteiger partial charge in [0.1, 0.15) is 11.6 Å². The highest BCUT2D eigenvalue weighted by atomic mass is 19.1. The van der Waals surface area contributed by atoms with Gasteiger partial charge in [-0.3, -0.25) is 4.79 Å². The van der Waals surface area contributed by atoms with Crippen LogP contribution in [0.5, 0.6) is 5.75 Å². The Kier molecular flexibility index (Phi) is 3.02. The van der Waals surface area contributed by atoms with Crippen molar-refractivity contribution in [3.8, 4) is 5.75 Å². The monoisotopic (exact) mass is 240 g/mol. The molecule has 0 unspecified atom stereocenters. The first kappa shape index (κ1) is 11.9. The van der Waals surface area contributed by atoms with E-state index in [-0.39, 0.29) is 24.2 Å². The number of rotatable bonds is 2. The molecule has 0 atom stereocenters. The van der Waals surface area contributed by atoms with E-state index in [4.69, 9.17) is 9.84 Å². The second-order valence-electron chi connectivity index (χ2n) is 4.16. The smallest absolute Gasteiger partial charge is 0.314 e. The van der Waals surface area contributed by atoms with Crippen LogP contribution >= 0.6 is 0 Å². The number of aliphatic carboxylic acids is 1. The van der Waals surface area contributed by atoms with Crippen molar-refractivity contribution in [2.24, 2.45) is 0 Å². The summed E-state index contributed by atoms with van der Waals surface area (Å²) in [7, 11) is 0. The van der Waals surface area contributed by atoms with Gasteiger partial charge in [0.15, 0.2) is 0 Å². The van der Waals surface area contributed by atoms with Gasteiger partial charge in [0.25, 0.3) is 0 Å². The summed E-state index contributed by atoms with van der Waals surface area (Å²) in [5, 5.41) is 18.5. The summed E-state index contributed by atoms with van der Waals surface area (Å²) in [6, 6.07) is 3.58. The Morgan fingerprint density at radius 1 is 1.35 bits per heavy atom. The average molecular weight is 240 g/mol. The molecular formula is C12H13FO4. The topological polar surface area (TPSA) is 66.8 Å². The minimum Gasteiger partial charge on any atom is -0.508 e. The predicted molar refractivity (Wildman–Crippen MR) is 57.4 cm³/mol. The summed E-state index contributed by atoms with van der Waals surface area (Å²) in [6.07, 6.45) is 0.480. The quantitative estimate of drug-likeness (QED) is 0.825. The first-order valence-electron chi connectivity index (χ1n) is 5.36. The summed E-state index contributed by atoms with van der Waals surface area (Å²) < 4.78 is 18.9. The Hall–Kier alpha value is -1.62. The van der Waals surface area contributed by atoms with Crippen molar-refractivity contribution in [3.05, 3.63) is 29.6 Å². The second kappa shape index (κ2) is 4.33. The van der Waals surface area contributed by atoms with Gasteiger partial charge < -0.3 is 14.9 Å². The van der Waals surface area contributed by atoms with Crippen LogP contribution in [0.1, 0.15) is 18.4 Å². The van der Waals surface area contributed by atoms with Crippen molar-refractivity contribution in [1.82, 2.24) is 0 Å². The fourth-order valence-electron chi connectivity index (χ4n) is 2.21. The lowest BCUT2D eigenvalue weighted by Crippen LogP contribution is -2.42. The zero-order valence-corrected chi connectivity index (χ0v) is 9.15. The van der Waals surface area contributed by atoms with Crippen molar-refractivity contribution >= 4 is 5.97 Å². The molecule has 0 aliphatic carbocycles. The first-order valence-corrected chi connectivity index (χ1v) is 5.36. The van der Waals surface area contributed by atoms with Gasteiger partial charge in [0.2, 0.25) is 0 Å². The maximum atomic E-state index is 13.8. The summed E-state index contributed by atoms with van der Waals surface area (Å²) in [4.78, 5) is 11.4. The lowest BCUT2D eigenvalue weighted by atomic mass is 9.74. The lowest BCUT2D eigenvalue weighted by molar-refractivity contribution is -0.148. The van der Waals surface area contributed by atoms with Crippen LogP contribution in [0.15, 0.2) is 18.2 Å². The second-order valence-corrected chi connectivity index (χ2v) is 4.16. The molecule has 1 fully saturated rings. The minimum absolute atomic E-state index is 0.117. The van der Waals surface area contributed by atoms with Gasteiger partial charge in [-0.15, -0.1) is 0 Å². The third kappa shape index (κ3) is 1.98. The molecule has 17 heavy (non-hydrogen) atoms. The number of hydrogen-bond donors (Lipinski definition) is 2. The summed E-state index contributed by atoms with van der Waals surface area (Å²) in [5.74, 6) is -1.95. The summed E-state index contributed by atoms with van der Waals surface area (Å²) >= 11 is 0. The highest BCUT2D eigenvalue weighted by Crippen LogP contribution is 2.37. The fraction of sp³-hybridized carbons (Fsp3) is 0.417. The molecule has 2 rings (SSSR count). The third-order valence-corrected chi connectivity index (χ3v) is 3.22. The van der Waals surface area contributed by atoms with Gasteiger partial charge in [0, 0.05) is 24.8 Å². The number of phenols is 1. The number of ether oxygens (including phenoxy) is 1. The van der Waals surface area contributed by atoms with Crippen LogP contribution in [0.2, 0.25) is 0 Å². The van der Waals surface area contributed by atoms with Crippen molar-refractivity contribution in [1.29, 1.82) is 0 Å². The molecule has 4 nitrogen and oxygen atoms in total. The number of carboxylic acid groups (broad SMARTS) is 1. The highest BCUT2D eigenvalue weighted by Gasteiger charge is 2.43. The molecule has 1 aromatic carbocycles. The van der Waals surface area contributed by atoms with Crippen LogP contribution in [0.3, 0.4) is 0 Å². The summed E-state index contributed by atoms with van der Waals surface area (Å²) in [6.45, 7) is 0.596. The van der Waals surface area contributed by atoms with Gasteiger partial charge in [-0.1, -0.05) is 6.07 Å². The van der Waals surface area contributed by atoms with Gasteiger partial charge >= 0.3 is 5.97 Å². The van der Waals surface area contributed by atoms with E-state index in [1.165, 1.54) is 12.1 Å². The molecule has 0 bridgehead atoms. The number of benzene rings is 1. The van der Waals surface area contributed by atoms with Crippen LogP contribution in [0.25, 0.3) is 0 Å². The van der Waals surface area contributed by atoms with E-state index in [0.29, 0.717) is 13.2 Å². The molecule has 1 aliphatic rings. The molecule has 1 saturated heterocycles. The van der Waals surface area contributed by atoms with Crippen LogP contribution in [0.4, 0.5) is 4.39 Å². The van der Waals surface area contributed by atoms with E-state index in [0.717, 1.165) is 6.07 Å².